The van der Waals surface area contributed by atoms with E-state index < -0.39 is 0 Å². The molecule has 0 N–H and O–H groups in total. The van der Waals surface area contributed by atoms with E-state index in [0.29, 0.717) is 24.0 Å². The summed E-state index contributed by atoms with van der Waals surface area (Å²) in [7, 11) is 0. The fourth-order valence-corrected chi connectivity index (χ4v) is 8.87. The molecule has 1 heterocycles. The number of rotatable bonds is 6. The first-order valence-electron chi connectivity index (χ1n) is 13.6. The number of carbonyl (C=O) groups excluding carboxylic acids is 2. The van der Waals surface area contributed by atoms with Gasteiger partial charge in [0.25, 0.3) is 0 Å². The quantitative estimate of drug-likeness (QED) is 0.342. The van der Waals surface area contributed by atoms with Crippen molar-refractivity contribution < 1.29 is 19.1 Å². The fourth-order valence-electron chi connectivity index (χ4n) is 8.87. The molecule has 184 valence electrons. The van der Waals surface area contributed by atoms with E-state index in [1.165, 1.54) is 31.8 Å². The van der Waals surface area contributed by atoms with Gasteiger partial charge in [-0.25, -0.2) is 0 Å². The number of carbonyl (C=O) groups is 2. The smallest absolute Gasteiger partial charge is 0.302 e. The van der Waals surface area contributed by atoms with Crippen molar-refractivity contribution in [3.8, 4) is 0 Å². The molecule has 0 aromatic carbocycles. The molecule has 0 amide bonds. The molecule has 0 bridgehead atoms. The van der Waals surface area contributed by atoms with Crippen LogP contribution in [0, 0.1) is 34.5 Å². The molecule has 4 aliphatic carbocycles. The minimum absolute atomic E-state index is 0.0324. The average molecular weight is 457 g/mol. The van der Waals surface area contributed by atoms with E-state index in [2.05, 4.69) is 34.6 Å². The van der Waals surface area contributed by atoms with Crippen LogP contribution < -0.4 is 0 Å². The Balaban J connectivity index is 1.41. The molecular formula is C29H44O4. The van der Waals surface area contributed by atoms with Gasteiger partial charge in [0.2, 0.25) is 0 Å². The van der Waals surface area contributed by atoms with E-state index in [1.807, 2.05) is 0 Å². The zero-order valence-electron chi connectivity index (χ0n) is 21.7. The largest absolute Gasteiger partial charge is 0.463 e. The summed E-state index contributed by atoms with van der Waals surface area (Å²) in [4.78, 5) is 25.3. The van der Waals surface area contributed by atoms with Gasteiger partial charge in [0.05, 0.1) is 6.10 Å². The van der Waals surface area contributed by atoms with E-state index in [-0.39, 0.29) is 40.5 Å². The molecule has 0 aromatic rings. The Kier molecular flexibility index (Phi) is 5.67. The van der Waals surface area contributed by atoms with Crippen LogP contribution in [0.3, 0.4) is 0 Å². The van der Waals surface area contributed by atoms with Crippen molar-refractivity contribution in [3.05, 3.63) is 11.1 Å². The average Bonchev–Trinajstić information content (AvgIpc) is 3.37. The number of ether oxygens (including phenoxy) is 2. The lowest BCUT2D eigenvalue weighted by atomic mass is 9.49. The van der Waals surface area contributed by atoms with Gasteiger partial charge in [-0.1, -0.05) is 59.5 Å². The topological polar surface area (TPSA) is 55.9 Å². The molecule has 1 spiro atoms. The third kappa shape index (κ3) is 3.40. The summed E-state index contributed by atoms with van der Waals surface area (Å²) in [5.41, 5.74) is 2.34. The molecule has 5 rings (SSSR count). The van der Waals surface area contributed by atoms with Gasteiger partial charge in [0, 0.05) is 24.3 Å². The third-order valence-corrected chi connectivity index (χ3v) is 10.7. The van der Waals surface area contributed by atoms with Gasteiger partial charge < -0.3 is 9.47 Å². The first-order chi connectivity index (χ1) is 15.5. The molecule has 1 aliphatic heterocycles. The van der Waals surface area contributed by atoms with Crippen molar-refractivity contribution >= 4 is 11.8 Å². The highest BCUT2D eigenvalue weighted by molar-refractivity contribution is 6.01. The van der Waals surface area contributed by atoms with Gasteiger partial charge in [-0.15, -0.1) is 0 Å². The minimum Gasteiger partial charge on any atom is -0.463 e. The van der Waals surface area contributed by atoms with Gasteiger partial charge in [-0.05, 0) is 67.6 Å². The van der Waals surface area contributed by atoms with E-state index in [9.17, 15) is 9.59 Å². The van der Waals surface area contributed by atoms with Crippen LogP contribution in [0.4, 0.5) is 0 Å². The lowest BCUT2D eigenvalue weighted by Gasteiger charge is -2.54. The van der Waals surface area contributed by atoms with Gasteiger partial charge in [0.1, 0.15) is 11.7 Å². The van der Waals surface area contributed by atoms with Crippen LogP contribution in [0.1, 0.15) is 106 Å². The van der Waals surface area contributed by atoms with Crippen molar-refractivity contribution in [3.63, 3.8) is 0 Å². The highest BCUT2D eigenvalue weighted by Crippen LogP contribution is 2.75. The number of fused-ring (bicyclic) bond motifs is 2. The second-order valence-electron chi connectivity index (χ2n) is 13.0. The molecule has 8 atom stereocenters. The Labute approximate surface area is 200 Å². The Morgan fingerprint density at radius 3 is 2.61 bits per heavy atom. The molecule has 4 nitrogen and oxygen atoms in total. The van der Waals surface area contributed by atoms with Gasteiger partial charge in [0.15, 0.2) is 5.78 Å². The first-order valence-corrected chi connectivity index (χ1v) is 13.6. The number of epoxide rings is 1. The summed E-state index contributed by atoms with van der Waals surface area (Å²) < 4.78 is 12.1. The number of esters is 1. The van der Waals surface area contributed by atoms with Crippen LogP contribution in [-0.4, -0.2) is 29.6 Å². The number of Topliss-reactive ketones (excluding diaryl/α,β-unsaturated/α-hetero) is 1. The monoisotopic (exact) mass is 456 g/mol. The standard InChI is InChI=1S/C29H44O4/c1-17(2)8-7-9-18(3)23-16-25-29(33-25)26-22(11-13-28(23,29)6)27(5)12-10-21(32-19(4)30)14-20(27)15-24(26)31/h17-18,20-21,23,25H,7-16H2,1-6H3/t18-,20-,21+,23-,25+,27+,28-,29-/m1/s1. The first kappa shape index (κ1) is 23.6. The SMILES string of the molecule is CC(=O)O[C@H]1CC[C@]2(C)C3=C(C(=O)C[C@H]2C1)[C@]12O[C@H]1C[C@H]([C@H](C)CCCC(C)C)[C@@]2(C)CC3. The molecule has 2 saturated carbocycles. The summed E-state index contributed by atoms with van der Waals surface area (Å²) in [6, 6.07) is 0. The van der Waals surface area contributed by atoms with Crippen LogP contribution in [0.2, 0.25) is 0 Å². The van der Waals surface area contributed by atoms with Crippen LogP contribution in [0.25, 0.3) is 0 Å². The molecule has 4 heteroatoms. The fraction of sp³-hybridized carbons (Fsp3) is 0.862. The second kappa shape index (κ2) is 7.93. The van der Waals surface area contributed by atoms with Crippen LogP contribution in [0.5, 0.6) is 0 Å². The summed E-state index contributed by atoms with van der Waals surface area (Å²) in [5, 5.41) is 0. The third-order valence-electron chi connectivity index (χ3n) is 10.7. The van der Waals surface area contributed by atoms with Crippen LogP contribution in [-0.2, 0) is 19.1 Å². The molecule has 5 aliphatic rings. The normalized spacial score (nSPS) is 44.6. The lowest BCUT2D eigenvalue weighted by molar-refractivity contribution is -0.150. The van der Waals surface area contributed by atoms with Gasteiger partial charge in [-0.3, -0.25) is 9.59 Å². The van der Waals surface area contributed by atoms with Crippen molar-refractivity contribution in [2.75, 3.05) is 0 Å². The van der Waals surface area contributed by atoms with E-state index in [0.717, 1.165) is 50.0 Å². The molecule has 1 saturated heterocycles. The van der Waals surface area contributed by atoms with Crippen molar-refractivity contribution in [1.29, 1.82) is 0 Å². The van der Waals surface area contributed by atoms with Crippen molar-refractivity contribution in [2.24, 2.45) is 34.5 Å². The van der Waals surface area contributed by atoms with Crippen LogP contribution >= 0.6 is 0 Å². The maximum Gasteiger partial charge on any atom is 0.302 e. The van der Waals surface area contributed by atoms with E-state index in [4.69, 9.17) is 9.47 Å². The molecule has 33 heavy (non-hydrogen) atoms. The summed E-state index contributed by atoms with van der Waals surface area (Å²) in [6.45, 7) is 13.4. The van der Waals surface area contributed by atoms with Crippen LogP contribution in [0.15, 0.2) is 11.1 Å². The summed E-state index contributed by atoms with van der Waals surface area (Å²) >= 11 is 0. The molecule has 0 unspecified atom stereocenters. The number of hydrogen-bond donors (Lipinski definition) is 0. The summed E-state index contributed by atoms with van der Waals surface area (Å²) in [6.07, 6.45) is 10.7. The predicted octanol–water partition coefficient (Wildman–Crippen LogP) is 6.41. The molecule has 0 aromatic heterocycles. The molecule has 0 radical (unpaired) electrons. The van der Waals surface area contributed by atoms with Crippen molar-refractivity contribution in [2.45, 2.75) is 124 Å². The Morgan fingerprint density at radius 1 is 1.15 bits per heavy atom. The Hall–Kier alpha value is -1.16. The second-order valence-corrected chi connectivity index (χ2v) is 13.0. The van der Waals surface area contributed by atoms with E-state index in [1.54, 1.807) is 0 Å². The zero-order valence-corrected chi connectivity index (χ0v) is 21.7. The lowest BCUT2D eigenvalue weighted by Crippen LogP contribution is -2.53. The van der Waals surface area contributed by atoms with Gasteiger partial charge in [-0.2, -0.15) is 0 Å². The number of hydrogen-bond acceptors (Lipinski definition) is 4. The number of allylic oxidation sites excluding steroid dienone is 1. The highest BCUT2D eigenvalue weighted by Gasteiger charge is 2.79. The summed E-state index contributed by atoms with van der Waals surface area (Å²) in [5.74, 6) is 2.52. The maximum absolute atomic E-state index is 13.7. The zero-order chi connectivity index (χ0) is 23.8. The maximum atomic E-state index is 13.7. The Morgan fingerprint density at radius 2 is 1.91 bits per heavy atom. The van der Waals surface area contributed by atoms with E-state index >= 15 is 0 Å². The van der Waals surface area contributed by atoms with Crippen molar-refractivity contribution in [1.82, 2.24) is 0 Å². The predicted molar refractivity (Wildman–Crippen MR) is 129 cm³/mol. The Bertz CT molecular complexity index is 873. The minimum atomic E-state index is -0.310. The molecule has 3 fully saturated rings. The molecular weight excluding hydrogens is 412 g/mol. The highest BCUT2D eigenvalue weighted by atomic mass is 16.6. The van der Waals surface area contributed by atoms with Gasteiger partial charge >= 0.3 is 5.97 Å². The number of ketones is 1.